The van der Waals surface area contributed by atoms with Gasteiger partial charge in [0.25, 0.3) is 5.91 Å². The molecule has 2 bridgehead atoms. The largest absolute Gasteiger partial charge is 0.355 e. The monoisotopic (exact) mass is 551 g/mol. The van der Waals surface area contributed by atoms with Gasteiger partial charge in [-0.3, -0.25) is 19.2 Å². The molecule has 1 aromatic carbocycles. The van der Waals surface area contributed by atoms with E-state index in [0.29, 0.717) is 45.2 Å². The van der Waals surface area contributed by atoms with Crippen molar-refractivity contribution in [3.63, 3.8) is 0 Å². The number of benzene rings is 1. The van der Waals surface area contributed by atoms with E-state index in [9.17, 15) is 23.6 Å². The van der Waals surface area contributed by atoms with Crippen LogP contribution in [-0.4, -0.2) is 84.3 Å². The Balaban J connectivity index is 0.00000400. The van der Waals surface area contributed by atoms with E-state index < -0.39 is 23.8 Å². The van der Waals surface area contributed by atoms with Gasteiger partial charge in [0.05, 0.1) is 18.2 Å². The molecule has 9 nitrogen and oxygen atoms in total. The van der Waals surface area contributed by atoms with Crippen molar-refractivity contribution in [2.24, 2.45) is 5.92 Å². The molecule has 11 heteroatoms. The Kier molecular flexibility index (Phi) is 10.5. The zero-order valence-corrected chi connectivity index (χ0v) is 22.9. The predicted molar refractivity (Wildman–Crippen MR) is 143 cm³/mol. The van der Waals surface area contributed by atoms with E-state index in [1.807, 2.05) is 13.8 Å². The fourth-order valence-corrected chi connectivity index (χ4v) is 5.37. The van der Waals surface area contributed by atoms with Crippen LogP contribution < -0.4 is 16.0 Å². The summed E-state index contributed by atoms with van der Waals surface area (Å²) in [5.41, 5.74) is 0.749. The number of aryl methyl sites for hydroxylation is 1. The number of hydrogen-bond acceptors (Lipinski definition) is 5. The highest BCUT2D eigenvalue weighted by molar-refractivity contribution is 5.98. The van der Waals surface area contributed by atoms with Crippen LogP contribution >= 0.6 is 12.4 Å². The highest BCUT2D eigenvalue weighted by Gasteiger charge is 2.37. The lowest BCUT2D eigenvalue weighted by Gasteiger charge is -2.33. The maximum absolute atomic E-state index is 14.7. The number of halogens is 2. The molecule has 2 fully saturated rings. The van der Waals surface area contributed by atoms with E-state index in [-0.39, 0.29) is 60.7 Å². The molecule has 4 amide bonds. The molecule has 1 aromatic rings. The third kappa shape index (κ3) is 7.02. The van der Waals surface area contributed by atoms with Gasteiger partial charge in [-0.1, -0.05) is 19.9 Å². The first kappa shape index (κ1) is 29.8. The number of nitrogens with one attached hydrogen (secondary N) is 3. The second-order valence-electron chi connectivity index (χ2n) is 10.7. The van der Waals surface area contributed by atoms with Gasteiger partial charge in [-0.25, -0.2) is 4.39 Å². The summed E-state index contributed by atoms with van der Waals surface area (Å²) < 4.78 is 14.7. The molecule has 0 radical (unpaired) electrons. The molecule has 3 aliphatic heterocycles. The highest BCUT2D eigenvalue weighted by Crippen LogP contribution is 2.23. The molecule has 210 valence electrons. The Morgan fingerprint density at radius 1 is 1.08 bits per heavy atom. The molecular formula is C27H39ClFN5O4. The summed E-state index contributed by atoms with van der Waals surface area (Å²) in [5, 5.41) is 9.12. The second kappa shape index (κ2) is 13.4. The van der Waals surface area contributed by atoms with Gasteiger partial charge in [0.15, 0.2) is 0 Å². The molecule has 0 saturated carbocycles. The van der Waals surface area contributed by atoms with Gasteiger partial charge in [0, 0.05) is 25.7 Å². The van der Waals surface area contributed by atoms with Crippen LogP contribution in [0.4, 0.5) is 4.39 Å². The van der Waals surface area contributed by atoms with Crippen molar-refractivity contribution in [2.75, 3.05) is 32.7 Å². The maximum atomic E-state index is 14.7. The normalized spacial score (nSPS) is 25.4. The molecule has 38 heavy (non-hydrogen) atoms. The third-order valence-corrected chi connectivity index (χ3v) is 7.60. The summed E-state index contributed by atoms with van der Waals surface area (Å²) in [4.78, 5) is 55.9. The van der Waals surface area contributed by atoms with Crippen molar-refractivity contribution in [3.05, 3.63) is 35.1 Å². The van der Waals surface area contributed by atoms with Gasteiger partial charge in [-0.05, 0) is 68.7 Å². The maximum Gasteiger partial charge on any atom is 0.257 e. The van der Waals surface area contributed by atoms with Crippen molar-refractivity contribution in [1.82, 2.24) is 25.8 Å². The molecule has 3 atom stereocenters. The number of rotatable bonds is 2. The quantitative estimate of drug-likeness (QED) is 0.517. The van der Waals surface area contributed by atoms with Crippen LogP contribution in [0.2, 0.25) is 0 Å². The van der Waals surface area contributed by atoms with E-state index in [0.717, 1.165) is 18.5 Å². The van der Waals surface area contributed by atoms with Crippen molar-refractivity contribution in [1.29, 1.82) is 0 Å². The van der Waals surface area contributed by atoms with Crippen LogP contribution in [0.15, 0.2) is 18.2 Å². The smallest absolute Gasteiger partial charge is 0.257 e. The SMILES string of the molecule is CC(C)[C@@H]1CN(C(=O)[C@H]2CCCN2)CC(=O)NCCCc2ccc(F)c(c2)C(=O)N2CCC[C@H]2C(=O)N1.Cl. The van der Waals surface area contributed by atoms with Gasteiger partial charge < -0.3 is 25.8 Å². The van der Waals surface area contributed by atoms with Gasteiger partial charge in [0.1, 0.15) is 11.9 Å². The van der Waals surface area contributed by atoms with E-state index >= 15 is 0 Å². The van der Waals surface area contributed by atoms with Crippen LogP contribution in [0.25, 0.3) is 0 Å². The topological polar surface area (TPSA) is 111 Å². The number of carbonyl (C=O) groups is 4. The molecule has 3 aliphatic rings. The molecular weight excluding hydrogens is 513 g/mol. The minimum absolute atomic E-state index is 0. The van der Waals surface area contributed by atoms with Crippen molar-refractivity contribution < 1.29 is 23.6 Å². The van der Waals surface area contributed by atoms with E-state index in [1.54, 1.807) is 12.1 Å². The lowest BCUT2D eigenvalue weighted by Crippen LogP contribution is -2.56. The molecule has 4 rings (SSSR count). The fraction of sp³-hybridized carbons (Fsp3) is 0.630. The van der Waals surface area contributed by atoms with Gasteiger partial charge in [-0.15, -0.1) is 12.4 Å². The van der Waals surface area contributed by atoms with Crippen LogP contribution in [-0.2, 0) is 20.8 Å². The summed E-state index contributed by atoms with van der Waals surface area (Å²) in [6.07, 6.45) is 3.90. The Hall–Kier alpha value is -2.72. The number of fused-ring (bicyclic) bond motifs is 3. The second-order valence-corrected chi connectivity index (χ2v) is 10.7. The predicted octanol–water partition coefficient (Wildman–Crippen LogP) is 1.64. The Morgan fingerprint density at radius 3 is 2.58 bits per heavy atom. The first-order chi connectivity index (χ1) is 17.7. The van der Waals surface area contributed by atoms with Gasteiger partial charge in [-0.2, -0.15) is 0 Å². The molecule has 0 spiro atoms. The van der Waals surface area contributed by atoms with E-state index in [4.69, 9.17) is 0 Å². The fourth-order valence-electron chi connectivity index (χ4n) is 5.37. The lowest BCUT2D eigenvalue weighted by atomic mass is 10.0. The van der Waals surface area contributed by atoms with Crippen molar-refractivity contribution >= 4 is 36.0 Å². The number of hydrogen-bond donors (Lipinski definition) is 3. The third-order valence-electron chi connectivity index (χ3n) is 7.60. The lowest BCUT2D eigenvalue weighted by molar-refractivity contribution is -0.138. The average molecular weight is 552 g/mol. The Bertz CT molecular complexity index is 1030. The average Bonchev–Trinajstić information content (AvgIpc) is 3.58. The van der Waals surface area contributed by atoms with Gasteiger partial charge >= 0.3 is 0 Å². The number of carbonyl (C=O) groups excluding carboxylic acids is 4. The molecule has 3 heterocycles. The highest BCUT2D eigenvalue weighted by atomic mass is 35.5. The first-order valence-electron chi connectivity index (χ1n) is 13.4. The number of amides is 4. The summed E-state index contributed by atoms with van der Waals surface area (Å²) >= 11 is 0. The molecule has 0 aromatic heterocycles. The van der Waals surface area contributed by atoms with Crippen LogP contribution in [0.3, 0.4) is 0 Å². The van der Waals surface area contributed by atoms with Crippen LogP contribution in [0, 0.1) is 11.7 Å². The van der Waals surface area contributed by atoms with Gasteiger partial charge in [0.2, 0.25) is 17.7 Å². The van der Waals surface area contributed by atoms with Crippen molar-refractivity contribution in [2.45, 2.75) is 70.5 Å². The summed E-state index contributed by atoms with van der Waals surface area (Å²) in [7, 11) is 0. The summed E-state index contributed by atoms with van der Waals surface area (Å²) in [6.45, 7) is 5.51. The minimum atomic E-state index is -0.712. The number of nitrogens with zero attached hydrogens (tertiary/aromatic N) is 2. The molecule has 3 N–H and O–H groups in total. The summed E-state index contributed by atoms with van der Waals surface area (Å²) in [6, 6.07) is 3.01. The summed E-state index contributed by atoms with van der Waals surface area (Å²) in [5.74, 6) is -1.85. The minimum Gasteiger partial charge on any atom is -0.355 e. The zero-order chi connectivity index (χ0) is 26.5. The molecule has 0 unspecified atom stereocenters. The van der Waals surface area contributed by atoms with Crippen LogP contribution in [0.5, 0.6) is 0 Å². The standard InChI is InChI=1S/C27H38FN5O4.ClH/c1-17(2)22-15-32(27(37)21-7-4-11-29-21)16-24(34)30-12-3-6-18-9-10-20(28)19(14-18)26(36)33-13-5-8-23(33)25(35)31-22;/h9-10,14,17,21-23,29H,3-8,11-13,15-16H2,1-2H3,(H,30,34)(H,31,35);1H/t21-,22+,23+;/m1./s1. The van der Waals surface area contributed by atoms with E-state index in [1.165, 1.54) is 15.9 Å². The Morgan fingerprint density at radius 2 is 1.87 bits per heavy atom. The van der Waals surface area contributed by atoms with Crippen molar-refractivity contribution in [3.8, 4) is 0 Å². The molecule has 0 aliphatic carbocycles. The van der Waals surface area contributed by atoms with E-state index in [2.05, 4.69) is 16.0 Å². The molecule has 2 saturated heterocycles. The first-order valence-corrected chi connectivity index (χ1v) is 13.4. The van der Waals surface area contributed by atoms with Crippen LogP contribution in [0.1, 0.15) is 61.9 Å². The zero-order valence-electron chi connectivity index (χ0n) is 22.1. The Labute approximate surface area is 229 Å².